The monoisotopic (exact) mass is 597 g/mol. The number of rotatable bonds is 9. The number of hydrogen-bond acceptors (Lipinski definition) is 6. The van der Waals surface area contributed by atoms with E-state index in [0.717, 1.165) is 13.0 Å². The molecule has 1 N–H and O–H groups in total. The highest BCUT2D eigenvalue weighted by molar-refractivity contribution is 9.10. The first kappa shape index (κ1) is 26.9. The number of fused-ring (bicyclic) bond motifs is 1. The first-order valence-corrected chi connectivity index (χ1v) is 13.5. The van der Waals surface area contributed by atoms with Gasteiger partial charge in [-0.2, -0.15) is 0 Å². The molecule has 0 atom stereocenters. The predicted octanol–water partition coefficient (Wildman–Crippen LogP) is 4.16. The second-order valence-electron chi connectivity index (χ2n) is 9.93. The number of hydrogen-bond donors (Lipinski definition) is 1. The van der Waals surface area contributed by atoms with E-state index in [-0.39, 0.29) is 28.5 Å². The molecule has 0 bridgehead atoms. The fourth-order valence-electron chi connectivity index (χ4n) is 4.57. The minimum absolute atomic E-state index is 0.0935. The lowest BCUT2D eigenvalue weighted by atomic mass is 10.2. The van der Waals surface area contributed by atoms with Gasteiger partial charge in [-0.25, -0.2) is 13.8 Å². The highest BCUT2D eigenvalue weighted by Crippen LogP contribution is 2.34. The molecule has 0 saturated heterocycles. The lowest BCUT2D eigenvalue weighted by Gasteiger charge is -2.19. The van der Waals surface area contributed by atoms with Crippen molar-refractivity contribution in [3.63, 3.8) is 0 Å². The van der Waals surface area contributed by atoms with Crippen LogP contribution in [0.25, 0.3) is 16.7 Å². The zero-order valence-corrected chi connectivity index (χ0v) is 23.5. The molecule has 2 aromatic carbocycles. The molecule has 2 aromatic heterocycles. The molecule has 0 radical (unpaired) electrons. The number of anilines is 2. The first-order chi connectivity index (χ1) is 18.7. The highest BCUT2D eigenvalue weighted by Gasteiger charge is 2.31. The summed E-state index contributed by atoms with van der Waals surface area (Å²) in [6, 6.07) is 12.5. The van der Waals surface area contributed by atoms with Crippen LogP contribution in [0.2, 0.25) is 0 Å². The molecular weight excluding hydrogens is 569 g/mol. The Kier molecular flexibility index (Phi) is 7.46. The Hall–Kier alpha value is -3.70. The molecule has 1 saturated carbocycles. The van der Waals surface area contributed by atoms with Crippen molar-refractivity contribution in [1.29, 1.82) is 0 Å². The quantitative estimate of drug-likeness (QED) is 0.291. The Morgan fingerprint density at radius 1 is 1.08 bits per heavy atom. The van der Waals surface area contributed by atoms with Crippen LogP contribution in [0.15, 0.2) is 67.4 Å². The second-order valence-corrected chi connectivity index (χ2v) is 10.8. The van der Waals surface area contributed by atoms with Crippen molar-refractivity contribution in [2.24, 2.45) is 7.05 Å². The summed E-state index contributed by atoms with van der Waals surface area (Å²) in [6.45, 7) is 1.36. The van der Waals surface area contributed by atoms with Crippen molar-refractivity contribution in [3.8, 4) is 11.4 Å². The van der Waals surface area contributed by atoms with Crippen molar-refractivity contribution in [1.82, 2.24) is 18.6 Å². The van der Waals surface area contributed by atoms with E-state index in [1.807, 2.05) is 14.1 Å². The van der Waals surface area contributed by atoms with Crippen LogP contribution in [0.1, 0.15) is 25.3 Å². The molecule has 1 aliphatic carbocycles. The number of aromatic nitrogens is 3. The maximum atomic E-state index is 14.7. The molecule has 9 nitrogen and oxygen atoms in total. The molecule has 0 amide bonds. The van der Waals surface area contributed by atoms with E-state index in [2.05, 4.69) is 26.1 Å². The van der Waals surface area contributed by atoms with Gasteiger partial charge in [0.15, 0.2) is 0 Å². The smallest absolute Gasteiger partial charge is 0.337 e. The average Bonchev–Trinajstić information content (AvgIpc) is 3.72. The van der Waals surface area contributed by atoms with Crippen molar-refractivity contribution in [2.75, 3.05) is 32.6 Å². The van der Waals surface area contributed by atoms with Crippen LogP contribution < -0.4 is 26.9 Å². The minimum atomic E-state index is -0.562. The Bertz CT molecular complexity index is 1740. The van der Waals surface area contributed by atoms with Gasteiger partial charge in [-0.05, 0) is 63.7 Å². The topological polar surface area (TPSA) is 90.5 Å². The Labute approximate surface area is 232 Å². The van der Waals surface area contributed by atoms with Crippen molar-refractivity contribution >= 4 is 38.3 Å². The Morgan fingerprint density at radius 3 is 2.54 bits per heavy atom. The van der Waals surface area contributed by atoms with E-state index in [1.54, 1.807) is 30.3 Å². The molecule has 1 aliphatic rings. The summed E-state index contributed by atoms with van der Waals surface area (Å²) in [7, 11) is 5.49. The third-order valence-corrected chi connectivity index (χ3v) is 7.15. The van der Waals surface area contributed by atoms with E-state index in [4.69, 9.17) is 4.74 Å². The van der Waals surface area contributed by atoms with E-state index in [9.17, 15) is 18.8 Å². The fourth-order valence-corrected chi connectivity index (χ4v) is 4.90. The summed E-state index contributed by atoms with van der Waals surface area (Å²) in [6.07, 6.45) is 2.22. The van der Waals surface area contributed by atoms with Gasteiger partial charge in [-0.3, -0.25) is 18.7 Å². The number of nitrogens with zero attached hydrogens (tertiary/aromatic N) is 4. The normalized spacial score (nSPS) is 13.3. The fraction of sp³-hybridized carbons (Fsp3) is 0.321. The lowest BCUT2D eigenvalue weighted by molar-refractivity contribution is 0.281. The van der Waals surface area contributed by atoms with Gasteiger partial charge in [0, 0.05) is 36.2 Å². The molecule has 0 spiro atoms. The number of ether oxygens (including phenoxy) is 1. The molecule has 5 rings (SSSR count). The third kappa shape index (κ3) is 5.41. The van der Waals surface area contributed by atoms with Gasteiger partial charge >= 0.3 is 5.69 Å². The van der Waals surface area contributed by atoms with Gasteiger partial charge in [-0.1, -0.05) is 22.0 Å². The SMILES string of the molecule is CN(C)CCCOc1cccc(-n2c(=O)n(C3CC3)c(=O)c3c(Nc4ccc(Br)cc4F)cc(=O)n(C)c32)c1. The maximum Gasteiger partial charge on any atom is 0.337 e. The maximum absolute atomic E-state index is 14.7. The number of halogens is 2. The van der Waals surface area contributed by atoms with Gasteiger partial charge in [0.1, 0.15) is 22.6 Å². The van der Waals surface area contributed by atoms with E-state index in [0.29, 0.717) is 35.4 Å². The molecule has 1 fully saturated rings. The standard InChI is InChI=1S/C28H29BrFN5O4/c1-32(2)12-5-13-39-20-7-4-6-19(15-20)34-26-25(27(37)35(28(34)38)18-9-10-18)23(16-24(36)33(26)3)31-22-11-8-17(29)14-21(22)30/h4,6-8,11,14-16,18,31H,5,9-10,12-13H2,1-3H3. The molecule has 0 unspecified atom stereocenters. The van der Waals surface area contributed by atoms with Gasteiger partial charge in [0.05, 0.1) is 23.7 Å². The molecule has 204 valence electrons. The van der Waals surface area contributed by atoms with Crippen LogP contribution >= 0.6 is 15.9 Å². The third-order valence-electron chi connectivity index (χ3n) is 6.66. The highest BCUT2D eigenvalue weighted by atomic mass is 79.9. The summed E-state index contributed by atoms with van der Waals surface area (Å²) in [5, 5.41) is 3.04. The largest absolute Gasteiger partial charge is 0.493 e. The van der Waals surface area contributed by atoms with Gasteiger partial charge in [-0.15, -0.1) is 0 Å². The molecule has 2 heterocycles. The molecule has 11 heteroatoms. The van der Waals surface area contributed by atoms with Crippen LogP contribution in [0.5, 0.6) is 5.75 Å². The second kappa shape index (κ2) is 10.8. The molecule has 39 heavy (non-hydrogen) atoms. The van der Waals surface area contributed by atoms with E-state index >= 15 is 0 Å². The number of aryl methyl sites for hydroxylation is 1. The number of pyridine rings is 1. The van der Waals surface area contributed by atoms with E-state index < -0.39 is 22.6 Å². The number of benzene rings is 2. The van der Waals surface area contributed by atoms with E-state index in [1.165, 1.54) is 38.9 Å². The molecule has 0 aliphatic heterocycles. The van der Waals surface area contributed by atoms with Gasteiger partial charge in [0.25, 0.3) is 11.1 Å². The van der Waals surface area contributed by atoms with Crippen molar-refractivity contribution in [3.05, 3.63) is 90.0 Å². The van der Waals surface area contributed by atoms with Crippen LogP contribution in [0.3, 0.4) is 0 Å². The summed E-state index contributed by atoms with van der Waals surface area (Å²) < 4.78 is 25.1. The molecular formula is C28H29BrFN5O4. The van der Waals surface area contributed by atoms with Gasteiger partial charge < -0.3 is 15.0 Å². The molecule has 4 aromatic rings. The predicted molar refractivity (Wildman–Crippen MR) is 153 cm³/mol. The first-order valence-electron chi connectivity index (χ1n) is 12.7. The number of nitrogens with one attached hydrogen (secondary N) is 1. The summed E-state index contributed by atoms with van der Waals surface area (Å²) in [5.74, 6) is -0.000139. The Balaban J connectivity index is 1.72. The summed E-state index contributed by atoms with van der Waals surface area (Å²) >= 11 is 3.24. The van der Waals surface area contributed by atoms with Gasteiger partial charge in [0.2, 0.25) is 0 Å². The van der Waals surface area contributed by atoms with Crippen molar-refractivity contribution < 1.29 is 9.13 Å². The zero-order chi connectivity index (χ0) is 27.8. The average molecular weight is 598 g/mol. The lowest BCUT2D eigenvalue weighted by Crippen LogP contribution is -2.41. The summed E-state index contributed by atoms with van der Waals surface area (Å²) in [5.41, 5.74) is -0.752. The summed E-state index contributed by atoms with van der Waals surface area (Å²) in [4.78, 5) is 42.8. The zero-order valence-electron chi connectivity index (χ0n) is 21.9. The van der Waals surface area contributed by atoms with Crippen LogP contribution in [0, 0.1) is 5.82 Å². The minimum Gasteiger partial charge on any atom is -0.493 e. The van der Waals surface area contributed by atoms with Crippen molar-refractivity contribution in [2.45, 2.75) is 25.3 Å². The van der Waals surface area contributed by atoms with Crippen LogP contribution in [-0.4, -0.2) is 45.8 Å². The Morgan fingerprint density at radius 2 is 1.85 bits per heavy atom. The van der Waals surface area contributed by atoms with Crippen LogP contribution in [-0.2, 0) is 7.05 Å². The van der Waals surface area contributed by atoms with Crippen LogP contribution in [0.4, 0.5) is 15.8 Å².